The topological polar surface area (TPSA) is 35.8 Å². The van der Waals surface area contributed by atoms with Crippen molar-refractivity contribution in [1.82, 2.24) is 0 Å². The Kier molecular flexibility index (Phi) is 5.84. The number of hydrogen-bond acceptors (Lipinski definition) is 3. The van der Waals surface area contributed by atoms with E-state index in [4.69, 9.17) is 16.9 Å². The van der Waals surface area contributed by atoms with E-state index in [1.54, 1.807) is 12.1 Å². The summed E-state index contributed by atoms with van der Waals surface area (Å²) in [6.45, 7) is 5.30. The van der Waals surface area contributed by atoms with Crippen molar-refractivity contribution in [2.45, 2.75) is 31.4 Å². The molecule has 0 aliphatic rings. The quantitative estimate of drug-likeness (QED) is 0.832. The smallest absolute Gasteiger partial charge is 0.0992 e. The maximum atomic E-state index is 8.79. The average Bonchev–Trinajstić information content (AvgIpc) is 2.42. The highest BCUT2D eigenvalue weighted by atomic mass is 35.5. The van der Waals surface area contributed by atoms with Crippen molar-refractivity contribution in [3.8, 4) is 6.07 Å². The highest BCUT2D eigenvalue weighted by Gasteiger charge is 2.24. The molecule has 0 heterocycles. The summed E-state index contributed by atoms with van der Waals surface area (Å²) in [7, 11) is 0. The van der Waals surface area contributed by atoms with Crippen molar-refractivity contribution >= 4 is 29.1 Å². The van der Waals surface area contributed by atoms with Gasteiger partial charge in [-0.25, -0.2) is 0 Å². The Balaban J connectivity index is 2.77. The second kappa shape index (κ2) is 6.92. The largest absolute Gasteiger partial charge is 0.382 e. The van der Waals surface area contributed by atoms with Gasteiger partial charge in [-0.15, -0.1) is 0 Å². The van der Waals surface area contributed by atoms with Crippen molar-refractivity contribution in [2.75, 3.05) is 18.1 Å². The summed E-state index contributed by atoms with van der Waals surface area (Å²) in [4.78, 5) is 0. The minimum atomic E-state index is 0.247. The highest BCUT2D eigenvalue weighted by Crippen LogP contribution is 2.32. The first-order chi connectivity index (χ1) is 8.60. The molecule has 0 bridgehead atoms. The third-order valence-corrected chi connectivity index (χ3v) is 5.32. The molecule has 0 atom stereocenters. The molecular formula is C14H19ClN2S. The Morgan fingerprint density at radius 2 is 2.06 bits per heavy atom. The van der Waals surface area contributed by atoms with Crippen molar-refractivity contribution < 1.29 is 0 Å². The molecule has 0 spiro atoms. The fourth-order valence-corrected chi connectivity index (χ4v) is 2.89. The number of rotatable bonds is 6. The van der Waals surface area contributed by atoms with Crippen LogP contribution in [-0.4, -0.2) is 17.5 Å². The SMILES string of the molecule is CCC(CC)(CNc1ccc(C#N)cc1Cl)SC. The zero-order valence-electron chi connectivity index (χ0n) is 11.1. The van der Waals surface area contributed by atoms with Crippen molar-refractivity contribution in [2.24, 2.45) is 0 Å². The number of hydrogen-bond donors (Lipinski definition) is 1. The van der Waals surface area contributed by atoms with E-state index >= 15 is 0 Å². The van der Waals surface area contributed by atoms with Crippen molar-refractivity contribution in [3.05, 3.63) is 28.8 Å². The molecule has 1 N–H and O–H groups in total. The third kappa shape index (κ3) is 3.57. The van der Waals surface area contributed by atoms with Crippen LogP contribution in [0.25, 0.3) is 0 Å². The third-order valence-electron chi connectivity index (χ3n) is 3.42. The first-order valence-corrected chi connectivity index (χ1v) is 7.69. The molecule has 0 aliphatic heterocycles. The zero-order chi connectivity index (χ0) is 13.6. The van der Waals surface area contributed by atoms with E-state index in [2.05, 4.69) is 31.5 Å². The fourth-order valence-electron chi connectivity index (χ4n) is 1.85. The standard InChI is InChI=1S/C14H19ClN2S/c1-4-14(5-2,18-3)10-17-13-7-6-11(9-16)8-12(13)15/h6-8,17H,4-5,10H2,1-3H3. The van der Waals surface area contributed by atoms with E-state index < -0.39 is 0 Å². The lowest BCUT2D eigenvalue weighted by molar-refractivity contribution is 0.575. The van der Waals surface area contributed by atoms with Gasteiger partial charge in [0.25, 0.3) is 0 Å². The molecule has 98 valence electrons. The lowest BCUT2D eigenvalue weighted by Gasteiger charge is -2.30. The molecule has 18 heavy (non-hydrogen) atoms. The van der Waals surface area contributed by atoms with Gasteiger partial charge in [0.15, 0.2) is 0 Å². The number of halogens is 1. The van der Waals surface area contributed by atoms with Crippen LogP contribution in [0.2, 0.25) is 5.02 Å². The van der Waals surface area contributed by atoms with Crippen LogP contribution in [0.15, 0.2) is 18.2 Å². The van der Waals surface area contributed by atoms with Crippen LogP contribution >= 0.6 is 23.4 Å². The van der Waals surface area contributed by atoms with Gasteiger partial charge in [0.2, 0.25) is 0 Å². The van der Waals surface area contributed by atoms with Gasteiger partial charge in [0, 0.05) is 11.3 Å². The van der Waals surface area contributed by atoms with Crippen molar-refractivity contribution in [1.29, 1.82) is 5.26 Å². The number of nitrogens with zero attached hydrogens (tertiary/aromatic N) is 1. The number of nitriles is 1. The molecule has 1 rings (SSSR count). The van der Waals surface area contributed by atoms with Crippen LogP contribution in [0.3, 0.4) is 0 Å². The van der Waals surface area contributed by atoms with Gasteiger partial charge >= 0.3 is 0 Å². The summed E-state index contributed by atoms with van der Waals surface area (Å²) in [5.74, 6) is 0. The molecule has 0 fully saturated rings. The maximum Gasteiger partial charge on any atom is 0.0992 e. The van der Waals surface area contributed by atoms with E-state index in [9.17, 15) is 0 Å². The van der Waals surface area contributed by atoms with Crippen LogP contribution in [-0.2, 0) is 0 Å². The number of nitrogens with one attached hydrogen (secondary N) is 1. The van der Waals surface area contributed by atoms with E-state index in [0.717, 1.165) is 25.1 Å². The summed E-state index contributed by atoms with van der Waals surface area (Å²) >= 11 is 8.04. The highest BCUT2D eigenvalue weighted by molar-refractivity contribution is 8.00. The van der Waals surface area contributed by atoms with Crippen LogP contribution < -0.4 is 5.32 Å². The number of benzene rings is 1. The molecule has 1 aromatic rings. The van der Waals surface area contributed by atoms with Gasteiger partial charge in [-0.1, -0.05) is 25.4 Å². The summed E-state index contributed by atoms with van der Waals surface area (Å²) < 4.78 is 0.247. The molecule has 0 unspecified atom stereocenters. The molecule has 0 saturated carbocycles. The Morgan fingerprint density at radius 1 is 1.39 bits per heavy atom. The van der Waals surface area contributed by atoms with E-state index in [1.165, 1.54) is 0 Å². The summed E-state index contributed by atoms with van der Waals surface area (Å²) in [6, 6.07) is 7.44. The molecule has 0 amide bonds. The van der Waals surface area contributed by atoms with E-state index in [-0.39, 0.29) is 4.75 Å². The van der Waals surface area contributed by atoms with Gasteiger partial charge in [-0.05, 0) is 37.3 Å². The first kappa shape index (κ1) is 15.2. The first-order valence-electron chi connectivity index (χ1n) is 6.09. The zero-order valence-corrected chi connectivity index (χ0v) is 12.7. The molecule has 0 aromatic heterocycles. The van der Waals surface area contributed by atoms with Crippen LogP contribution in [0.4, 0.5) is 5.69 Å². The minimum absolute atomic E-state index is 0.247. The summed E-state index contributed by atoms with van der Waals surface area (Å²) in [5.41, 5.74) is 1.49. The molecular weight excluding hydrogens is 264 g/mol. The molecule has 0 radical (unpaired) electrons. The molecule has 4 heteroatoms. The average molecular weight is 283 g/mol. The van der Waals surface area contributed by atoms with Gasteiger partial charge in [-0.2, -0.15) is 17.0 Å². The predicted octanol–water partition coefficient (Wildman–Crippen LogP) is 4.55. The number of thioether (sulfide) groups is 1. The van der Waals surface area contributed by atoms with Gasteiger partial charge < -0.3 is 5.32 Å². The Morgan fingerprint density at radius 3 is 2.50 bits per heavy atom. The second-order valence-electron chi connectivity index (χ2n) is 4.25. The van der Waals surface area contributed by atoms with Crippen LogP contribution in [0.1, 0.15) is 32.3 Å². The van der Waals surface area contributed by atoms with Gasteiger partial charge in [0.05, 0.1) is 22.3 Å². The molecule has 0 aliphatic carbocycles. The van der Waals surface area contributed by atoms with E-state index in [0.29, 0.717) is 10.6 Å². The Labute approximate surface area is 119 Å². The summed E-state index contributed by atoms with van der Waals surface area (Å²) in [5, 5.41) is 12.8. The van der Waals surface area contributed by atoms with Crippen LogP contribution in [0.5, 0.6) is 0 Å². The lowest BCUT2D eigenvalue weighted by Crippen LogP contribution is -2.32. The molecule has 0 saturated heterocycles. The monoisotopic (exact) mass is 282 g/mol. The van der Waals surface area contributed by atoms with Gasteiger partial charge in [-0.3, -0.25) is 0 Å². The maximum absolute atomic E-state index is 8.79. The predicted molar refractivity (Wildman–Crippen MR) is 81.5 cm³/mol. The van der Waals surface area contributed by atoms with Crippen molar-refractivity contribution in [3.63, 3.8) is 0 Å². The fraction of sp³-hybridized carbons (Fsp3) is 0.500. The molecule has 1 aromatic carbocycles. The van der Waals surface area contributed by atoms with E-state index in [1.807, 2.05) is 17.8 Å². The minimum Gasteiger partial charge on any atom is -0.382 e. The number of anilines is 1. The van der Waals surface area contributed by atoms with Crippen LogP contribution in [0, 0.1) is 11.3 Å². The van der Waals surface area contributed by atoms with Gasteiger partial charge in [0.1, 0.15) is 0 Å². The molecule has 2 nitrogen and oxygen atoms in total. The Hall–Kier alpha value is -0.850. The summed E-state index contributed by atoms with van der Waals surface area (Å²) in [6.07, 6.45) is 4.38. The Bertz CT molecular complexity index is 428. The lowest BCUT2D eigenvalue weighted by atomic mass is 10.0. The second-order valence-corrected chi connectivity index (χ2v) is 5.94. The normalized spacial score (nSPS) is 11.1.